The molecule has 0 radical (unpaired) electrons. The Balaban J connectivity index is 2.38. The highest BCUT2D eigenvalue weighted by atomic mass is 35.5. The van der Waals surface area contributed by atoms with Crippen molar-refractivity contribution in [3.8, 4) is 5.75 Å². The van der Waals surface area contributed by atoms with E-state index in [9.17, 15) is 13.2 Å². The maximum absolute atomic E-state index is 12.8. The van der Waals surface area contributed by atoms with Crippen molar-refractivity contribution in [2.24, 2.45) is 0 Å². The zero-order valence-electron chi connectivity index (χ0n) is 16.5. The van der Waals surface area contributed by atoms with Gasteiger partial charge in [-0.15, -0.1) is 0 Å². The maximum atomic E-state index is 12.8. The number of hydrogen-bond donors (Lipinski definition) is 1. The van der Waals surface area contributed by atoms with E-state index >= 15 is 0 Å². The summed E-state index contributed by atoms with van der Waals surface area (Å²) in [6.45, 7) is 3.62. The van der Waals surface area contributed by atoms with Gasteiger partial charge in [-0.05, 0) is 42.2 Å². The summed E-state index contributed by atoms with van der Waals surface area (Å²) in [5.74, 6) is -0.131. The van der Waals surface area contributed by atoms with Gasteiger partial charge in [-0.25, -0.2) is 8.42 Å². The number of carbonyl (C=O) groups is 1. The summed E-state index contributed by atoms with van der Waals surface area (Å²) in [6.07, 6.45) is 2.54. The second-order valence-corrected chi connectivity index (χ2v) is 8.64. The lowest BCUT2D eigenvalue weighted by Gasteiger charge is -2.24. The molecule has 152 valence electrons. The van der Waals surface area contributed by atoms with Gasteiger partial charge in [0, 0.05) is 10.7 Å². The van der Waals surface area contributed by atoms with Gasteiger partial charge in [0.1, 0.15) is 12.3 Å². The number of sulfonamides is 1. The maximum Gasteiger partial charge on any atom is 0.245 e. The SMILES string of the molecule is CCc1cccc(CC)c1NC(=O)CN(c1cc(Cl)ccc1OC)S(C)(=O)=O. The normalized spacial score (nSPS) is 11.2. The van der Waals surface area contributed by atoms with E-state index in [0.717, 1.165) is 40.2 Å². The van der Waals surface area contributed by atoms with Gasteiger partial charge in [0.25, 0.3) is 0 Å². The van der Waals surface area contributed by atoms with Gasteiger partial charge in [0.15, 0.2) is 0 Å². The molecule has 0 atom stereocenters. The van der Waals surface area contributed by atoms with E-state index in [1.165, 1.54) is 13.2 Å². The molecule has 2 rings (SSSR count). The summed E-state index contributed by atoms with van der Waals surface area (Å²) in [4.78, 5) is 12.8. The van der Waals surface area contributed by atoms with E-state index in [4.69, 9.17) is 16.3 Å². The highest BCUT2D eigenvalue weighted by molar-refractivity contribution is 7.92. The summed E-state index contributed by atoms with van der Waals surface area (Å²) in [5, 5.41) is 3.23. The molecule has 2 aromatic carbocycles. The van der Waals surface area contributed by atoms with Crippen LogP contribution >= 0.6 is 11.6 Å². The molecule has 0 aliphatic carbocycles. The lowest BCUT2D eigenvalue weighted by Crippen LogP contribution is -2.38. The summed E-state index contributed by atoms with van der Waals surface area (Å²) < 4.78 is 31.0. The molecule has 8 heteroatoms. The lowest BCUT2D eigenvalue weighted by molar-refractivity contribution is -0.114. The summed E-state index contributed by atoms with van der Waals surface area (Å²) in [7, 11) is -2.32. The predicted octanol–water partition coefficient (Wildman–Crippen LogP) is 3.88. The topological polar surface area (TPSA) is 75.7 Å². The first kappa shape index (κ1) is 22.0. The van der Waals surface area contributed by atoms with Crippen LogP contribution in [0.15, 0.2) is 36.4 Å². The van der Waals surface area contributed by atoms with Crippen LogP contribution in [-0.4, -0.2) is 34.2 Å². The molecule has 0 heterocycles. The first-order valence-corrected chi connectivity index (χ1v) is 11.2. The Kier molecular flexibility index (Phi) is 7.32. The molecule has 0 saturated carbocycles. The van der Waals surface area contributed by atoms with Crippen LogP contribution in [-0.2, 0) is 27.7 Å². The van der Waals surface area contributed by atoms with Crippen molar-refractivity contribution < 1.29 is 17.9 Å². The van der Waals surface area contributed by atoms with E-state index in [-0.39, 0.29) is 5.69 Å². The third-order valence-electron chi connectivity index (χ3n) is 4.36. The van der Waals surface area contributed by atoms with Crippen molar-refractivity contribution in [1.29, 1.82) is 0 Å². The monoisotopic (exact) mass is 424 g/mol. The third-order valence-corrected chi connectivity index (χ3v) is 5.72. The molecule has 0 aliphatic heterocycles. The number of nitrogens with zero attached hydrogens (tertiary/aromatic N) is 1. The number of halogens is 1. The first-order chi connectivity index (χ1) is 13.2. The molecule has 0 aromatic heterocycles. The number of rotatable bonds is 8. The summed E-state index contributed by atoms with van der Waals surface area (Å²) in [5.41, 5.74) is 2.95. The Hall–Kier alpha value is -2.25. The minimum atomic E-state index is -3.75. The number of nitrogens with one attached hydrogen (secondary N) is 1. The fourth-order valence-corrected chi connectivity index (χ4v) is 3.97. The largest absolute Gasteiger partial charge is 0.495 e. The minimum Gasteiger partial charge on any atom is -0.495 e. The van der Waals surface area contributed by atoms with E-state index < -0.39 is 22.5 Å². The van der Waals surface area contributed by atoms with Gasteiger partial charge in [0.2, 0.25) is 15.9 Å². The number of para-hydroxylation sites is 1. The molecule has 0 fully saturated rings. The van der Waals surface area contributed by atoms with Gasteiger partial charge in [-0.2, -0.15) is 0 Å². The fourth-order valence-electron chi connectivity index (χ4n) is 2.95. The molecule has 6 nitrogen and oxygen atoms in total. The van der Waals surface area contributed by atoms with Gasteiger partial charge in [0.05, 0.1) is 19.1 Å². The third kappa shape index (κ3) is 5.17. The Labute approximate surface area is 171 Å². The van der Waals surface area contributed by atoms with Gasteiger partial charge in [-0.3, -0.25) is 9.10 Å². The second kappa shape index (κ2) is 9.30. The van der Waals surface area contributed by atoms with Gasteiger partial charge in [-0.1, -0.05) is 43.6 Å². The Bertz CT molecular complexity index is 938. The number of methoxy groups -OCH3 is 1. The molecule has 0 aliphatic rings. The van der Waals surface area contributed by atoms with Crippen molar-refractivity contribution in [2.45, 2.75) is 26.7 Å². The van der Waals surface area contributed by atoms with Crippen LogP contribution in [0.5, 0.6) is 5.75 Å². The van der Waals surface area contributed by atoms with Gasteiger partial charge < -0.3 is 10.1 Å². The molecule has 0 spiro atoms. The van der Waals surface area contributed by atoms with Crippen LogP contribution < -0.4 is 14.4 Å². The number of carbonyl (C=O) groups excluding carboxylic acids is 1. The number of hydrogen-bond acceptors (Lipinski definition) is 4. The van der Waals surface area contributed by atoms with Crippen molar-refractivity contribution in [3.05, 3.63) is 52.5 Å². The molecule has 1 amide bonds. The lowest BCUT2D eigenvalue weighted by atomic mass is 10.0. The zero-order chi connectivity index (χ0) is 20.9. The molecule has 1 N–H and O–H groups in total. The van der Waals surface area contributed by atoms with Crippen LogP contribution in [0.1, 0.15) is 25.0 Å². The van der Waals surface area contributed by atoms with Crippen LogP contribution in [0, 0.1) is 0 Å². The molecular weight excluding hydrogens is 400 g/mol. The Morgan fingerprint density at radius 2 is 1.75 bits per heavy atom. The van der Waals surface area contributed by atoms with Crippen LogP contribution in [0.3, 0.4) is 0 Å². The molecule has 0 unspecified atom stereocenters. The highest BCUT2D eigenvalue weighted by Gasteiger charge is 2.25. The number of benzene rings is 2. The Morgan fingerprint density at radius 3 is 2.25 bits per heavy atom. The first-order valence-electron chi connectivity index (χ1n) is 8.93. The fraction of sp³-hybridized carbons (Fsp3) is 0.350. The molecule has 0 bridgehead atoms. The van der Waals surface area contributed by atoms with E-state index in [1.54, 1.807) is 12.1 Å². The van der Waals surface area contributed by atoms with Crippen molar-refractivity contribution in [3.63, 3.8) is 0 Å². The minimum absolute atomic E-state index is 0.215. The number of ether oxygens (including phenoxy) is 1. The van der Waals surface area contributed by atoms with Gasteiger partial charge >= 0.3 is 0 Å². The predicted molar refractivity (Wildman–Crippen MR) is 114 cm³/mol. The average molecular weight is 425 g/mol. The van der Waals surface area contributed by atoms with Crippen LogP contribution in [0.25, 0.3) is 0 Å². The molecule has 28 heavy (non-hydrogen) atoms. The standard InChI is InChI=1S/C20H25ClN2O4S/c1-5-14-8-7-9-15(6-2)20(14)22-19(24)13-23(28(4,25)26)17-12-16(21)10-11-18(17)27-3/h7-12H,5-6,13H2,1-4H3,(H,22,24). The van der Waals surface area contributed by atoms with Crippen LogP contribution in [0.4, 0.5) is 11.4 Å². The molecule has 2 aromatic rings. The van der Waals surface area contributed by atoms with Crippen LogP contribution in [0.2, 0.25) is 5.02 Å². The Morgan fingerprint density at radius 1 is 1.14 bits per heavy atom. The smallest absolute Gasteiger partial charge is 0.245 e. The average Bonchev–Trinajstić information content (AvgIpc) is 2.65. The quantitative estimate of drug-likeness (QED) is 0.697. The van der Waals surface area contributed by atoms with E-state index in [1.807, 2.05) is 32.0 Å². The molecular formula is C20H25ClN2O4S. The zero-order valence-corrected chi connectivity index (χ0v) is 18.0. The van der Waals surface area contributed by atoms with E-state index in [0.29, 0.717) is 10.8 Å². The number of aryl methyl sites for hydroxylation is 2. The summed E-state index contributed by atoms with van der Waals surface area (Å²) in [6, 6.07) is 10.5. The highest BCUT2D eigenvalue weighted by Crippen LogP contribution is 2.33. The number of anilines is 2. The second-order valence-electron chi connectivity index (χ2n) is 6.29. The van der Waals surface area contributed by atoms with Crippen molar-refractivity contribution in [2.75, 3.05) is 29.5 Å². The van der Waals surface area contributed by atoms with E-state index in [2.05, 4.69) is 5.32 Å². The summed E-state index contributed by atoms with van der Waals surface area (Å²) >= 11 is 6.04. The molecule has 0 saturated heterocycles. The van der Waals surface area contributed by atoms with Crippen molar-refractivity contribution in [1.82, 2.24) is 0 Å². The van der Waals surface area contributed by atoms with Crippen molar-refractivity contribution >= 4 is 38.9 Å². The number of amides is 1.